The molecule has 4 saturated carbocycles. The third-order valence-electron chi connectivity index (χ3n) is 9.82. The van der Waals surface area contributed by atoms with Crippen LogP contribution in [0.4, 0.5) is 0 Å². The van der Waals surface area contributed by atoms with Crippen LogP contribution in [0, 0.1) is 35.5 Å². The van der Waals surface area contributed by atoms with Crippen molar-refractivity contribution in [2.24, 2.45) is 28.6 Å². The minimum Gasteiger partial charge on any atom is -0.458 e. The molecule has 4 bridgehead atoms. The van der Waals surface area contributed by atoms with Gasteiger partial charge in [-0.3, -0.25) is 13.8 Å². The fraction of sp³-hybridized carbons (Fsp3) is 0.562. The van der Waals surface area contributed by atoms with Gasteiger partial charge in [0.1, 0.15) is 11.4 Å². The lowest BCUT2D eigenvalue weighted by molar-refractivity contribution is -0.215. The van der Waals surface area contributed by atoms with Crippen molar-refractivity contribution in [1.29, 1.82) is 0 Å². The highest BCUT2D eigenvalue weighted by Gasteiger charge is 2.61. The Morgan fingerprint density at radius 3 is 1.95 bits per heavy atom. The van der Waals surface area contributed by atoms with Gasteiger partial charge in [-0.05, 0) is 108 Å². The normalized spacial score (nSPS) is 28.4. The van der Waals surface area contributed by atoms with E-state index in [1.807, 2.05) is 20.8 Å². The molecule has 0 spiro atoms. The molecule has 8 heteroatoms. The van der Waals surface area contributed by atoms with E-state index < -0.39 is 39.7 Å². The zero-order valence-corrected chi connectivity index (χ0v) is 24.7. The van der Waals surface area contributed by atoms with E-state index in [9.17, 15) is 18.0 Å². The van der Waals surface area contributed by atoms with Gasteiger partial charge >= 0.3 is 11.9 Å². The molecule has 0 aromatic heterocycles. The van der Waals surface area contributed by atoms with Gasteiger partial charge in [0.05, 0.1) is 11.5 Å². The lowest BCUT2D eigenvalue weighted by atomic mass is 9.45. The molecular weight excluding hydrogens is 528 g/mol. The third kappa shape index (κ3) is 5.32. The van der Waals surface area contributed by atoms with E-state index >= 15 is 0 Å². The molecule has 2 unspecified atom stereocenters. The van der Waals surface area contributed by atoms with Crippen molar-refractivity contribution in [2.75, 3.05) is 6.61 Å². The second-order valence-corrected chi connectivity index (χ2v) is 14.4. The average Bonchev–Trinajstić information content (AvgIpc) is 2.91. The average molecular weight is 569 g/mol. The molecule has 2 atom stereocenters. The monoisotopic (exact) mass is 568 g/mol. The second-order valence-electron chi connectivity index (χ2n) is 12.7. The lowest BCUT2D eigenvalue weighted by Gasteiger charge is -2.62. The summed E-state index contributed by atoms with van der Waals surface area (Å²) >= 11 is 0. The van der Waals surface area contributed by atoms with Gasteiger partial charge in [0, 0.05) is 5.41 Å². The summed E-state index contributed by atoms with van der Waals surface area (Å²) in [7, 11) is -4.25. The Balaban J connectivity index is 1.42. The summed E-state index contributed by atoms with van der Waals surface area (Å²) in [5.74, 6) is 0.432. The van der Waals surface area contributed by atoms with Crippen LogP contribution in [0.2, 0.25) is 0 Å². The summed E-state index contributed by atoms with van der Waals surface area (Å²) in [6.07, 6.45) is 7.38. The summed E-state index contributed by atoms with van der Waals surface area (Å²) in [5, 5.41) is 0. The molecule has 0 radical (unpaired) electrons. The number of carbonyl (C=O) groups excluding carboxylic acids is 2. The van der Waals surface area contributed by atoms with E-state index in [2.05, 4.69) is 0 Å². The molecule has 40 heavy (non-hydrogen) atoms. The molecule has 7 nitrogen and oxygen atoms in total. The van der Waals surface area contributed by atoms with Gasteiger partial charge in [0.15, 0.2) is 5.41 Å². The number of hydrogen-bond donors (Lipinski definition) is 0. The first-order valence-electron chi connectivity index (χ1n) is 14.3. The molecule has 2 aromatic rings. The topological polar surface area (TPSA) is 96.0 Å². The number of aryl methyl sites for hydroxylation is 1. The van der Waals surface area contributed by atoms with Crippen LogP contribution in [-0.2, 0) is 28.6 Å². The molecule has 2 aromatic carbocycles. The minimum atomic E-state index is -4.25. The van der Waals surface area contributed by atoms with Gasteiger partial charge in [-0.25, -0.2) is 0 Å². The first-order valence-corrected chi connectivity index (χ1v) is 15.8. The Morgan fingerprint density at radius 1 is 0.875 bits per heavy atom. The van der Waals surface area contributed by atoms with Crippen LogP contribution in [-0.4, -0.2) is 32.6 Å². The standard InChI is InChI=1S/C32H40O7S/c1-5-31(4,32-18-23-15-24(19-32)17-25(16-23)20-32)39-29(34)30(3,28(33)38-26-9-7-6-8-10-26)21-37-40(35,36)27-13-11-22(2)12-14-27/h6-14,23-25H,5,15-21H2,1-4H3. The molecule has 4 aliphatic carbocycles. The summed E-state index contributed by atoms with van der Waals surface area (Å²) in [4.78, 5) is 27.6. The molecule has 216 valence electrons. The van der Waals surface area contributed by atoms with Gasteiger partial charge in [-0.15, -0.1) is 0 Å². The summed E-state index contributed by atoms with van der Waals surface area (Å²) < 4.78 is 43.4. The summed E-state index contributed by atoms with van der Waals surface area (Å²) in [5.41, 5.74) is -2.08. The Bertz CT molecular complexity index is 1320. The van der Waals surface area contributed by atoms with Crippen LogP contribution in [0.15, 0.2) is 59.5 Å². The third-order valence-corrected chi connectivity index (χ3v) is 11.1. The number of rotatable bonds is 10. The van der Waals surface area contributed by atoms with E-state index in [-0.39, 0.29) is 16.1 Å². The predicted molar refractivity (Wildman–Crippen MR) is 150 cm³/mol. The van der Waals surface area contributed by atoms with Gasteiger partial charge in [-0.1, -0.05) is 42.8 Å². The Kier molecular flexibility index (Phi) is 7.64. The molecule has 0 heterocycles. The van der Waals surface area contributed by atoms with Crippen LogP contribution in [0.5, 0.6) is 5.75 Å². The Hall–Kier alpha value is -2.71. The molecule has 4 aliphatic rings. The van der Waals surface area contributed by atoms with E-state index in [1.165, 1.54) is 38.3 Å². The highest BCUT2D eigenvalue weighted by Crippen LogP contribution is 2.65. The number of benzene rings is 2. The van der Waals surface area contributed by atoms with Gasteiger partial charge in [-0.2, -0.15) is 8.42 Å². The quantitative estimate of drug-likeness (QED) is 0.145. The van der Waals surface area contributed by atoms with Crippen molar-refractivity contribution in [2.45, 2.75) is 83.1 Å². The number of para-hydroxylation sites is 1. The molecule has 0 amide bonds. The number of esters is 2. The van der Waals surface area contributed by atoms with Crippen LogP contribution < -0.4 is 4.74 Å². The van der Waals surface area contributed by atoms with E-state index in [0.717, 1.165) is 24.8 Å². The van der Waals surface area contributed by atoms with Crippen molar-refractivity contribution in [3.63, 3.8) is 0 Å². The molecular formula is C32H40O7S. The van der Waals surface area contributed by atoms with Crippen molar-refractivity contribution >= 4 is 22.1 Å². The van der Waals surface area contributed by atoms with E-state index in [4.69, 9.17) is 13.7 Å². The van der Waals surface area contributed by atoms with E-state index in [1.54, 1.807) is 42.5 Å². The second kappa shape index (κ2) is 10.6. The molecule has 0 aliphatic heterocycles. The Morgan fingerprint density at radius 2 is 1.43 bits per heavy atom. The maximum Gasteiger partial charge on any atom is 0.331 e. The van der Waals surface area contributed by atoms with Crippen LogP contribution in [0.3, 0.4) is 0 Å². The fourth-order valence-corrected chi connectivity index (χ4v) is 8.51. The Labute approximate surface area is 237 Å². The first-order chi connectivity index (χ1) is 18.9. The first kappa shape index (κ1) is 28.8. The number of hydrogen-bond acceptors (Lipinski definition) is 7. The zero-order chi connectivity index (χ0) is 28.8. The van der Waals surface area contributed by atoms with Crippen molar-refractivity contribution in [3.8, 4) is 5.75 Å². The summed E-state index contributed by atoms with van der Waals surface area (Å²) in [6.45, 7) is 6.46. The van der Waals surface area contributed by atoms with Crippen molar-refractivity contribution < 1.29 is 31.7 Å². The smallest absolute Gasteiger partial charge is 0.331 e. The van der Waals surface area contributed by atoms with Gasteiger partial charge in [0.2, 0.25) is 0 Å². The van der Waals surface area contributed by atoms with Crippen molar-refractivity contribution in [3.05, 3.63) is 60.2 Å². The maximum atomic E-state index is 14.1. The number of carbonyl (C=O) groups is 2. The van der Waals surface area contributed by atoms with Crippen LogP contribution in [0.25, 0.3) is 0 Å². The minimum absolute atomic E-state index is 0.0581. The summed E-state index contributed by atoms with van der Waals surface area (Å²) in [6, 6.07) is 14.6. The van der Waals surface area contributed by atoms with E-state index in [0.29, 0.717) is 24.2 Å². The predicted octanol–water partition coefficient (Wildman–Crippen LogP) is 6.24. The molecule has 6 rings (SSSR count). The van der Waals surface area contributed by atoms with Crippen LogP contribution >= 0.6 is 0 Å². The molecule has 0 saturated heterocycles. The largest absolute Gasteiger partial charge is 0.458 e. The van der Waals surface area contributed by atoms with Crippen molar-refractivity contribution in [1.82, 2.24) is 0 Å². The maximum absolute atomic E-state index is 14.1. The van der Waals surface area contributed by atoms with Crippen LogP contribution in [0.1, 0.15) is 71.3 Å². The molecule has 0 N–H and O–H groups in total. The lowest BCUT2D eigenvalue weighted by Crippen LogP contribution is -2.60. The highest BCUT2D eigenvalue weighted by atomic mass is 32.2. The fourth-order valence-electron chi connectivity index (χ4n) is 7.51. The SMILES string of the molecule is CCC(C)(OC(=O)C(C)(COS(=O)(=O)c1ccc(C)cc1)C(=O)Oc1ccccc1)C12CC3CC(CC(C3)C1)C2. The molecule has 4 fully saturated rings. The highest BCUT2D eigenvalue weighted by molar-refractivity contribution is 7.86. The van der Waals surface area contributed by atoms with Gasteiger partial charge in [0.25, 0.3) is 10.1 Å². The zero-order valence-electron chi connectivity index (χ0n) is 23.9. The van der Waals surface area contributed by atoms with Gasteiger partial charge < -0.3 is 9.47 Å². The number of ether oxygens (including phenoxy) is 2.